The van der Waals surface area contributed by atoms with Gasteiger partial charge in [-0.05, 0) is 30.0 Å². The number of pyridine rings is 1. The van der Waals surface area contributed by atoms with Crippen molar-refractivity contribution in [1.82, 2.24) is 4.98 Å². The summed E-state index contributed by atoms with van der Waals surface area (Å²) < 4.78 is 0. The second-order valence-corrected chi connectivity index (χ2v) is 3.43. The average Bonchev–Trinajstić information content (AvgIpc) is 2.18. The monoisotopic (exact) mass is 179 g/mol. The molecule has 0 amide bonds. The Morgan fingerprint density at radius 3 is 2.92 bits per heavy atom. The molecule has 13 heavy (non-hydrogen) atoms. The maximum Gasteiger partial charge on any atom is 0.0853 e. The predicted molar refractivity (Wildman–Crippen MR) is 53.5 cm³/mol. The van der Waals surface area contributed by atoms with Gasteiger partial charge in [-0.1, -0.05) is 20.3 Å². The molecular weight excluding hydrogens is 162 g/mol. The normalized spacial score (nSPS) is 12.8. The number of rotatable bonds is 4. The van der Waals surface area contributed by atoms with Gasteiger partial charge in [-0.25, -0.2) is 0 Å². The molecule has 0 bridgehead atoms. The molecule has 1 heterocycles. The zero-order chi connectivity index (χ0) is 9.68. The Hall–Kier alpha value is -0.890. The first kappa shape index (κ1) is 10.2. The van der Waals surface area contributed by atoms with Crippen molar-refractivity contribution >= 4 is 0 Å². The second kappa shape index (κ2) is 4.97. The largest absolute Gasteiger partial charge is 0.390 e. The van der Waals surface area contributed by atoms with Crippen molar-refractivity contribution in [3.63, 3.8) is 0 Å². The summed E-state index contributed by atoms with van der Waals surface area (Å²) in [6, 6.07) is 4.01. The third-order valence-electron chi connectivity index (χ3n) is 2.29. The number of aliphatic hydroxyl groups excluding tert-OH is 1. The predicted octanol–water partition coefficient (Wildman–Crippen LogP) is 2.48. The summed E-state index contributed by atoms with van der Waals surface area (Å²) in [5, 5.41) is 8.91. The number of hydrogen-bond donors (Lipinski definition) is 1. The Morgan fingerprint density at radius 1 is 1.54 bits per heavy atom. The minimum atomic E-state index is 0.0344. The quantitative estimate of drug-likeness (QED) is 0.770. The van der Waals surface area contributed by atoms with E-state index in [0.717, 1.165) is 5.69 Å². The molecule has 0 aliphatic carbocycles. The highest BCUT2D eigenvalue weighted by Crippen LogP contribution is 2.20. The maximum atomic E-state index is 8.91. The van der Waals surface area contributed by atoms with Gasteiger partial charge in [-0.3, -0.25) is 4.98 Å². The smallest absolute Gasteiger partial charge is 0.0853 e. The Balaban J connectivity index is 2.75. The Labute approximate surface area is 79.6 Å². The summed E-state index contributed by atoms with van der Waals surface area (Å²) in [6.45, 7) is 4.43. The van der Waals surface area contributed by atoms with Crippen molar-refractivity contribution in [3.05, 3.63) is 29.6 Å². The first-order chi connectivity index (χ1) is 6.27. The van der Waals surface area contributed by atoms with E-state index >= 15 is 0 Å². The van der Waals surface area contributed by atoms with Crippen LogP contribution in [-0.4, -0.2) is 10.1 Å². The van der Waals surface area contributed by atoms with Crippen molar-refractivity contribution in [2.75, 3.05) is 0 Å². The fourth-order valence-corrected chi connectivity index (χ4v) is 1.49. The second-order valence-electron chi connectivity index (χ2n) is 3.43. The number of nitrogens with zero attached hydrogens (tertiary/aromatic N) is 1. The van der Waals surface area contributed by atoms with Crippen molar-refractivity contribution in [2.45, 2.75) is 39.2 Å². The van der Waals surface area contributed by atoms with Crippen LogP contribution < -0.4 is 0 Å². The van der Waals surface area contributed by atoms with Crippen molar-refractivity contribution in [1.29, 1.82) is 0 Å². The van der Waals surface area contributed by atoms with E-state index in [-0.39, 0.29) is 6.61 Å². The lowest BCUT2D eigenvalue weighted by Crippen LogP contribution is -1.96. The molecule has 1 atom stereocenters. The highest BCUT2D eigenvalue weighted by atomic mass is 16.3. The van der Waals surface area contributed by atoms with Crippen LogP contribution in [0.1, 0.15) is 43.9 Å². The molecule has 1 aromatic rings. The molecule has 72 valence electrons. The Bertz CT molecular complexity index is 260. The van der Waals surface area contributed by atoms with Crippen LogP contribution in [0.5, 0.6) is 0 Å². The van der Waals surface area contributed by atoms with E-state index in [9.17, 15) is 0 Å². The van der Waals surface area contributed by atoms with Crippen molar-refractivity contribution < 1.29 is 5.11 Å². The highest BCUT2D eigenvalue weighted by molar-refractivity contribution is 5.19. The fourth-order valence-electron chi connectivity index (χ4n) is 1.49. The van der Waals surface area contributed by atoms with E-state index in [1.54, 1.807) is 6.20 Å². The molecular formula is C11H17NO. The van der Waals surface area contributed by atoms with E-state index in [4.69, 9.17) is 5.11 Å². The number of hydrogen-bond acceptors (Lipinski definition) is 2. The molecule has 0 fully saturated rings. The van der Waals surface area contributed by atoms with E-state index in [1.165, 1.54) is 18.4 Å². The molecule has 1 N–H and O–H groups in total. The van der Waals surface area contributed by atoms with Crippen molar-refractivity contribution in [3.8, 4) is 0 Å². The molecule has 0 saturated carbocycles. The van der Waals surface area contributed by atoms with Crippen molar-refractivity contribution in [2.24, 2.45) is 0 Å². The molecule has 2 nitrogen and oxygen atoms in total. The molecule has 1 unspecified atom stereocenters. The third-order valence-corrected chi connectivity index (χ3v) is 2.29. The molecule has 0 aliphatic rings. The van der Waals surface area contributed by atoms with Gasteiger partial charge in [0.05, 0.1) is 12.3 Å². The lowest BCUT2D eigenvalue weighted by molar-refractivity contribution is 0.276. The molecule has 0 spiro atoms. The van der Waals surface area contributed by atoms with Crippen LogP contribution >= 0.6 is 0 Å². The van der Waals surface area contributed by atoms with Gasteiger partial charge < -0.3 is 5.11 Å². The van der Waals surface area contributed by atoms with E-state index < -0.39 is 0 Å². The lowest BCUT2D eigenvalue weighted by Gasteiger charge is -2.10. The van der Waals surface area contributed by atoms with Gasteiger partial charge >= 0.3 is 0 Å². The average molecular weight is 179 g/mol. The Morgan fingerprint density at radius 2 is 2.31 bits per heavy atom. The lowest BCUT2D eigenvalue weighted by atomic mass is 9.97. The van der Waals surface area contributed by atoms with Crippen LogP contribution in [0.3, 0.4) is 0 Å². The molecule has 0 radical (unpaired) electrons. The molecule has 1 rings (SSSR count). The molecule has 2 heteroatoms. The SMILES string of the molecule is CCCC(C)c1ccnc(CO)c1. The summed E-state index contributed by atoms with van der Waals surface area (Å²) in [4.78, 5) is 4.05. The van der Waals surface area contributed by atoms with Gasteiger partial charge in [-0.15, -0.1) is 0 Å². The number of aromatic nitrogens is 1. The fraction of sp³-hybridized carbons (Fsp3) is 0.545. The van der Waals surface area contributed by atoms with Gasteiger partial charge in [0.1, 0.15) is 0 Å². The number of aliphatic hydroxyl groups is 1. The highest BCUT2D eigenvalue weighted by Gasteiger charge is 2.04. The van der Waals surface area contributed by atoms with Crippen LogP contribution in [0.4, 0.5) is 0 Å². The van der Waals surface area contributed by atoms with Gasteiger partial charge in [0.15, 0.2) is 0 Å². The van der Waals surface area contributed by atoms with E-state index in [1.807, 2.05) is 12.1 Å². The van der Waals surface area contributed by atoms with Gasteiger partial charge in [-0.2, -0.15) is 0 Å². The van der Waals surface area contributed by atoms with Gasteiger partial charge in [0.2, 0.25) is 0 Å². The van der Waals surface area contributed by atoms with Crippen LogP contribution in [0, 0.1) is 0 Å². The minimum absolute atomic E-state index is 0.0344. The molecule has 0 saturated heterocycles. The summed E-state index contributed by atoms with van der Waals surface area (Å²) in [5.74, 6) is 0.568. The maximum absolute atomic E-state index is 8.91. The van der Waals surface area contributed by atoms with Crippen LogP contribution in [0.15, 0.2) is 18.3 Å². The van der Waals surface area contributed by atoms with Crippen LogP contribution in [0.25, 0.3) is 0 Å². The van der Waals surface area contributed by atoms with Gasteiger partial charge in [0, 0.05) is 6.20 Å². The summed E-state index contributed by atoms with van der Waals surface area (Å²) in [6.07, 6.45) is 4.15. The van der Waals surface area contributed by atoms with E-state index in [2.05, 4.69) is 18.8 Å². The Kier molecular flexibility index (Phi) is 3.90. The molecule has 1 aromatic heterocycles. The van der Waals surface area contributed by atoms with Crippen LogP contribution in [0.2, 0.25) is 0 Å². The summed E-state index contributed by atoms with van der Waals surface area (Å²) in [5.41, 5.74) is 2.04. The third kappa shape index (κ3) is 2.81. The molecule has 0 aliphatic heterocycles. The summed E-state index contributed by atoms with van der Waals surface area (Å²) in [7, 11) is 0. The first-order valence-electron chi connectivity index (χ1n) is 4.83. The summed E-state index contributed by atoms with van der Waals surface area (Å²) >= 11 is 0. The molecule has 0 aromatic carbocycles. The standard InChI is InChI=1S/C11H17NO/c1-3-4-9(2)10-5-6-12-11(7-10)8-13/h5-7,9,13H,3-4,8H2,1-2H3. The minimum Gasteiger partial charge on any atom is -0.390 e. The van der Waals surface area contributed by atoms with Crippen LogP contribution in [-0.2, 0) is 6.61 Å². The van der Waals surface area contributed by atoms with Gasteiger partial charge in [0.25, 0.3) is 0 Å². The zero-order valence-electron chi connectivity index (χ0n) is 8.33. The zero-order valence-corrected chi connectivity index (χ0v) is 8.33. The first-order valence-corrected chi connectivity index (χ1v) is 4.83. The van der Waals surface area contributed by atoms with E-state index in [0.29, 0.717) is 5.92 Å². The topological polar surface area (TPSA) is 33.1 Å².